The maximum absolute atomic E-state index is 10.7. The molecule has 0 fully saturated rings. The molecule has 1 rings (SSSR count). The highest BCUT2D eigenvalue weighted by Gasteiger charge is 2.13. The number of carbonyl (C=O) groups excluding carboxylic acids is 1. The highest BCUT2D eigenvalue weighted by Crippen LogP contribution is 2.02. The van der Waals surface area contributed by atoms with Crippen LogP contribution in [0.3, 0.4) is 0 Å². The number of hydrogen-bond acceptors (Lipinski definition) is 3. The van der Waals surface area contributed by atoms with Gasteiger partial charge in [-0.1, -0.05) is 30.3 Å². The first-order chi connectivity index (χ1) is 6.24. The van der Waals surface area contributed by atoms with Gasteiger partial charge in [-0.15, -0.1) is 0 Å². The van der Waals surface area contributed by atoms with Crippen LogP contribution in [-0.2, 0) is 11.2 Å². The maximum atomic E-state index is 10.7. The molecule has 0 spiro atoms. The summed E-state index contributed by atoms with van der Waals surface area (Å²) in [6, 6.07) is 8.63. The molecule has 0 heterocycles. The molecular weight excluding hydrogens is 184 g/mol. The normalized spacial score (nSPS) is 11.5. The van der Waals surface area contributed by atoms with E-state index in [0.29, 0.717) is 6.42 Å². The number of nitrogens with one attached hydrogen (secondary N) is 1. The van der Waals surface area contributed by atoms with Crippen molar-refractivity contribution in [3.05, 3.63) is 35.9 Å². The maximum Gasteiger partial charge on any atom is 0.237 e. The average Bonchev–Trinajstić information content (AvgIpc) is 2.15. The molecule has 0 radical (unpaired) electrons. The summed E-state index contributed by atoms with van der Waals surface area (Å²) in [5.74, 6) is -0.564. The Morgan fingerprint density at radius 1 is 1.43 bits per heavy atom. The third-order valence-electron chi connectivity index (χ3n) is 1.78. The van der Waals surface area contributed by atoms with Crippen LogP contribution in [-0.4, -0.2) is 22.6 Å². The first-order valence-electron chi connectivity index (χ1n) is 3.97. The topological polar surface area (TPSA) is 107 Å². The van der Waals surface area contributed by atoms with E-state index >= 15 is 0 Å². The lowest BCUT2D eigenvalue weighted by molar-refractivity contribution is -0.122. The van der Waals surface area contributed by atoms with E-state index in [4.69, 9.17) is 10.9 Å². The fraction of sp³-hybridized carbons (Fsp3) is 0.222. The molecule has 1 atom stereocenters. The lowest BCUT2D eigenvalue weighted by Gasteiger charge is -2.10. The van der Waals surface area contributed by atoms with Crippen LogP contribution in [0.5, 0.6) is 0 Å². The fourth-order valence-corrected chi connectivity index (χ4v) is 1.06. The average molecular weight is 198 g/mol. The molecule has 0 aromatic heterocycles. The summed E-state index contributed by atoms with van der Waals surface area (Å²) in [5.41, 5.74) is 7.86. The van der Waals surface area contributed by atoms with Gasteiger partial charge in [0.15, 0.2) is 0 Å². The molecule has 5 heteroatoms. The van der Waals surface area contributed by atoms with Gasteiger partial charge in [-0.3, -0.25) is 4.79 Å². The van der Waals surface area contributed by atoms with Gasteiger partial charge in [-0.05, 0) is 12.0 Å². The molecule has 78 valence electrons. The molecule has 0 aliphatic rings. The van der Waals surface area contributed by atoms with Crippen molar-refractivity contribution >= 4 is 5.91 Å². The zero-order valence-electron chi connectivity index (χ0n) is 7.60. The summed E-state index contributed by atoms with van der Waals surface area (Å²) < 4.78 is 0. The molecule has 0 aliphatic heterocycles. The van der Waals surface area contributed by atoms with Crippen molar-refractivity contribution in [3.8, 4) is 0 Å². The largest absolute Gasteiger partial charge is 0.412 e. The Morgan fingerprint density at radius 2 is 2.00 bits per heavy atom. The second-order valence-electron chi connectivity index (χ2n) is 2.77. The van der Waals surface area contributed by atoms with Crippen molar-refractivity contribution in [1.29, 1.82) is 0 Å². The number of primary amides is 1. The van der Waals surface area contributed by atoms with Crippen molar-refractivity contribution in [1.82, 2.24) is 5.48 Å². The van der Waals surface area contributed by atoms with Crippen LogP contribution in [0.1, 0.15) is 5.56 Å². The predicted molar refractivity (Wildman–Crippen MR) is 51.7 cm³/mol. The van der Waals surface area contributed by atoms with Crippen LogP contribution < -0.4 is 11.2 Å². The zero-order chi connectivity index (χ0) is 9.68. The van der Waals surface area contributed by atoms with Crippen molar-refractivity contribution in [2.75, 3.05) is 0 Å². The first kappa shape index (κ1) is 12.6. The second kappa shape index (κ2) is 6.09. The molecule has 14 heavy (non-hydrogen) atoms. The lowest BCUT2D eigenvalue weighted by Crippen LogP contribution is -2.41. The van der Waals surface area contributed by atoms with E-state index in [1.165, 1.54) is 0 Å². The van der Waals surface area contributed by atoms with E-state index in [1.54, 1.807) is 0 Å². The van der Waals surface area contributed by atoms with E-state index in [1.807, 2.05) is 35.8 Å². The summed E-state index contributed by atoms with van der Waals surface area (Å²) in [4.78, 5) is 10.7. The lowest BCUT2D eigenvalue weighted by atomic mass is 10.1. The number of amides is 1. The van der Waals surface area contributed by atoms with Gasteiger partial charge in [-0.25, -0.2) is 0 Å². The van der Waals surface area contributed by atoms with Crippen LogP contribution in [0, 0.1) is 0 Å². The first-order valence-corrected chi connectivity index (χ1v) is 3.97. The van der Waals surface area contributed by atoms with E-state index in [2.05, 4.69) is 0 Å². The van der Waals surface area contributed by atoms with Gasteiger partial charge in [0.05, 0.1) is 0 Å². The van der Waals surface area contributed by atoms with Crippen LogP contribution in [0.15, 0.2) is 30.3 Å². The summed E-state index contributed by atoms with van der Waals surface area (Å²) in [6.45, 7) is 0. The summed E-state index contributed by atoms with van der Waals surface area (Å²) >= 11 is 0. The fourth-order valence-electron chi connectivity index (χ4n) is 1.06. The zero-order valence-corrected chi connectivity index (χ0v) is 7.60. The van der Waals surface area contributed by atoms with Crippen molar-refractivity contribution in [3.63, 3.8) is 0 Å². The van der Waals surface area contributed by atoms with Crippen molar-refractivity contribution < 1.29 is 15.5 Å². The van der Waals surface area contributed by atoms with Crippen LogP contribution in [0.4, 0.5) is 0 Å². The van der Waals surface area contributed by atoms with Gasteiger partial charge < -0.3 is 16.4 Å². The highest BCUT2D eigenvalue weighted by atomic mass is 16.5. The van der Waals surface area contributed by atoms with E-state index in [0.717, 1.165) is 5.56 Å². The number of hydrogen-bond donors (Lipinski definition) is 3. The summed E-state index contributed by atoms with van der Waals surface area (Å²) in [7, 11) is 0. The molecule has 0 saturated carbocycles. The van der Waals surface area contributed by atoms with Gasteiger partial charge in [0.1, 0.15) is 6.04 Å². The van der Waals surface area contributed by atoms with E-state index in [-0.39, 0.29) is 5.48 Å². The van der Waals surface area contributed by atoms with Gasteiger partial charge in [0.25, 0.3) is 0 Å². The van der Waals surface area contributed by atoms with E-state index < -0.39 is 11.9 Å². The minimum absolute atomic E-state index is 0. The Labute approximate surface area is 81.8 Å². The molecular formula is C9H14N2O3. The molecule has 0 bridgehead atoms. The van der Waals surface area contributed by atoms with Crippen molar-refractivity contribution in [2.45, 2.75) is 12.5 Å². The van der Waals surface area contributed by atoms with Crippen LogP contribution in [0.25, 0.3) is 0 Å². The number of benzene rings is 1. The smallest absolute Gasteiger partial charge is 0.237 e. The summed E-state index contributed by atoms with van der Waals surface area (Å²) in [6.07, 6.45) is 0.396. The highest BCUT2D eigenvalue weighted by molar-refractivity contribution is 5.79. The molecule has 6 N–H and O–H groups in total. The molecule has 1 aromatic carbocycles. The Hall–Kier alpha value is -1.43. The molecule has 0 aliphatic carbocycles. The Balaban J connectivity index is 0.00000169. The predicted octanol–water partition coefficient (Wildman–Crippen LogP) is -0.763. The van der Waals surface area contributed by atoms with Gasteiger partial charge in [0, 0.05) is 0 Å². The standard InChI is InChI=1S/C9H12N2O2.H2O/c10-9(12)8(11-13)6-7-4-2-1-3-5-7;/h1-5,8,11,13H,6H2,(H2,10,12);1H2/t8-;/m1./s1. The Kier molecular flexibility index (Phi) is 5.47. The van der Waals surface area contributed by atoms with E-state index in [9.17, 15) is 4.79 Å². The second-order valence-corrected chi connectivity index (χ2v) is 2.77. The van der Waals surface area contributed by atoms with Gasteiger partial charge >= 0.3 is 0 Å². The number of rotatable bonds is 4. The van der Waals surface area contributed by atoms with Gasteiger partial charge in [-0.2, -0.15) is 5.48 Å². The third-order valence-corrected chi connectivity index (χ3v) is 1.78. The van der Waals surface area contributed by atoms with Crippen LogP contribution in [0.2, 0.25) is 0 Å². The quantitative estimate of drug-likeness (QED) is 0.553. The number of hydroxylamine groups is 1. The Bertz CT molecular complexity index is 277. The number of nitrogens with two attached hydrogens (primary N) is 1. The van der Waals surface area contributed by atoms with Crippen molar-refractivity contribution in [2.24, 2.45) is 5.73 Å². The van der Waals surface area contributed by atoms with Crippen LogP contribution >= 0.6 is 0 Å². The third kappa shape index (κ3) is 3.53. The minimum Gasteiger partial charge on any atom is -0.412 e. The Morgan fingerprint density at radius 3 is 2.43 bits per heavy atom. The monoisotopic (exact) mass is 198 g/mol. The minimum atomic E-state index is -0.720. The molecule has 0 unspecified atom stereocenters. The van der Waals surface area contributed by atoms with Gasteiger partial charge in [0.2, 0.25) is 5.91 Å². The molecule has 5 nitrogen and oxygen atoms in total. The molecule has 1 aromatic rings. The summed E-state index contributed by atoms with van der Waals surface area (Å²) in [5, 5.41) is 8.61. The number of carbonyl (C=O) groups is 1. The molecule has 0 saturated heterocycles. The SMILES string of the molecule is NC(=O)[C@@H](Cc1ccccc1)NO.O. The molecule has 1 amide bonds.